The van der Waals surface area contributed by atoms with Crippen molar-refractivity contribution in [3.8, 4) is 11.5 Å². The summed E-state index contributed by atoms with van der Waals surface area (Å²) in [5, 5.41) is 0.901. The molecule has 4 rings (SSSR count). The Morgan fingerprint density at radius 3 is 2.74 bits per heavy atom. The Morgan fingerprint density at radius 1 is 1.15 bits per heavy atom. The molecular weight excluding hydrogens is 351 g/mol. The highest BCUT2D eigenvalue weighted by molar-refractivity contribution is 5.97. The second-order valence-electron chi connectivity index (χ2n) is 6.42. The predicted molar refractivity (Wildman–Crippen MR) is 97.3 cm³/mol. The van der Waals surface area contributed by atoms with Crippen LogP contribution in [0.2, 0.25) is 0 Å². The molecule has 5 nitrogen and oxygen atoms in total. The maximum absolute atomic E-state index is 13.7. The van der Waals surface area contributed by atoms with E-state index in [4.69, 9.17) is 13.9 Å². The molecule has 0 spiro atoms. The fourth-order valence-electron chi connectivity index (χ4n) is 3.43. The first kappa shape index (κ1) is 17.3. The van der Waals surface area contributed by atoms with Crippen molar-refractivity contribution in [2.24, 2.45) is 0 Å². The Kier molecular flexibility index (Phi) is 4.39. The minimum absolute atomic E-state index is 0.0737. The number of fused-ring (bicyclic) bond motifs is 3. The highest BCUT2D eigenvalue weighted by Crippen LogP contribution is 2.29. The Bertz CT molecular complexity index is 1100. The number of carbonyl (C=O) groups is 1. The van der Waals surface area contributed by atoms with E-state index in [1.165, 1.54) is 19.2 Å². The number of halogens is 1. The topological polar surface area (TPSA) is 65.7 Å². The van der Waals surface area contributed by atoms with Crippen molar-refractivity contribution in [1.29, 1.82) is 0 Å². The molecule has 0 atom stereocenters. The molecule has 0 fully saturated rings. The lowest BCUT2D eigenvalue weighted by Crippen LogP contribution is -2.12. The first-order valence-corrected chi connectivity index (χ1v) is 8.65. The van der Waals surface area contributed by atoms with Gasteiger partial charge in [0, 0.05) is 22.6 Å². The number of hydrogen-bond donors (Lipinski definition) is 0. The van der Waals surface area contributed by atoms with Crippen molar-refractivity contribution in [2.45, 2.75) is 19.3 Å². The number of rotatable bonds is 5. The third-order valence-electron chi connectivity index (χ3n) is 4.79. The average molecular weight is 368 g/mol. The van der Waals surface area contributed by atoms with Crippen molar-refractivity contribution < 1.29 is 23.1 Å². The van der Waals surface area contributed by atoms with Gasteiger partial charge in [0.2, 0.25) is 0 Å². The molecule has 0 amide bonds. The SMILES string of the molecule is COc1ccc(C(=O)COc2ccc3c4c(c(=O)oc3c2)CCC4)cc1F. The lowest BCUT2D eigenvalue weighted by molar-refractivity contribution is 0.0921. The molecule has 1 aliphatic rings. The number of Topliss-reactive ketones (excluding diaryl/α,β-unsaturated/α-hetero) is 1. The van der Waals surface area contributed by atoms with E-state index in [9.17, 15) is 14.0 Å². The molecule has 2 aromatic carbocycles. The maximum Gasteiger partial charge on any atom is 0.339 e. The van der Waals surface area contributed by atoms with E-state index >= 15 is 0 Å². The molecule has 0 N–H and O–H groups in total. The van der Waals surface area contributed by atoms with Crippen molar-refractivity contribution in [2.75, 3.05) is 13.7 Å². The lowest BCUT2D eigenvalue weighted by Gasteiger charge is -2.09. The summed E-state index contributed by atoms with van der Waals surface area (Å²) in [6, 6.07) is 9.19. The third kappa shape index (κ3) is 3.18. The minimum Gasteiger partial charge on any atom is -0.494 e. The second kappa shape index (κ2) is 6.87. The van der Waals surface area contributed by atoms with E-state index in [0.717, 1.165) is 41.8 Å². The largest absolute Gasteiger partial charge is 0.494 e. The van der Waals surface area contributed by atoms with Gasteiger partial charge in [-0.1, -0.05) is 0 Å². The van der Waals surface area contributed by atoms with Crippen molar-refractivity contribution in [3.63, 3.8) is 0 Å². The fraction of sp³-hybridized carbons (Fsp3) is 0.238. The summed E-state index contributed by atoms with van der Waals surface area (Å²) in [4.78, 5) is 24.3. The zero-order valence-corrected chi connectivity index (χ0v) is 14.7. The summed E-state index contributed by atoms with van der Waals surface area (Å²) in [5.74, 6) is -0.493. The van der Waals surface area contributed by atoms with E-state index < -0.39 is 5.82 Å². The average Bonchev–Trinajstić information content (AvgIpc) is 3.16. The Balaban J connectivity index is 1.54. The number of benzene rings is 2. The molecule has 0 unspecified atom stereocenters. The van der Waals surface area contributed by atoms with Crippen molar-refractivity contribution in [1.82, 2.24) is 0 Å². The van der Waals surface area contributed by atoms with Crippen LogP contribution < -0.4 is 15.1 Å². The van der Waals surface area contributed by atoms with Crippen LogP contribution in [-0.4, -0.2) is 19.5 Å². The van der Waals surface area contributed by atoms with Gasteiger partial charge >= 0.3 is 5.63 Å². The molecule has 1 heterocycles. The van der Waals surface area contributed by atoms with Crippen molar-refractivity contribution >= 4 is 16.8 Å². The van der Waals surface area contributed by atoms with Crippen LogP contribution in [-0.2, 0) is 12.8 Å². The smallest absolute Gasteiger partial charge is 0.339 e. The van der Waals surface area contributed by atoms with Gasteiger partial charge in [-0.25, -0.2) is 9.18 Å². The van der Waals surface area contributed by atoms with Gasteiger partial charge in [0.05, 0.1) is 7.11 Å². The molecule has 0 saturated carbocycles. The first-order valence-electron chi connectivity index (χ1n) is 8.65. The van der Waals surface area contributed by atoms with Gasteiger partial charge in [-0.15, -0.1) is 0 Å². The van der Waals surface area contributed by atoms with E-state index in [1.54, 1.807) is 12.1 Å². The van der Waals surface area contributed by atoms with Gasteiger partial charge in [0.25, 0.3) is 0 Å². The van der Waals surface area contributed by atoms with E-state index in [-0.39, 0.29) is 29.3 Å². The van der Waals surface area contributed by atoms with Crippen LogP contribution in [0.1, 0.15) is 27.9 Å². The van der Waals surface area contributed by atoms with Gasteiger partial charge in [-0.2, -0.15) is 0 Å². The number of methoxy groups -OCH3 is 1. The van der Waals surface area contributed by atoms with Crippen LogP contribution >= 0.6 is 0 Å². The molecule has 138 valence electrons. The number of hydrogen-bond acceptors (Lipinski definition) is 5. The summed E-state index contributed by atoms with van der Waals surface area (Å²) in [5.41, 5.74) is 2.13. The van der Waals surface area contributed by atoms with Crippen LogP contribution in [0, 0.1) is 5.82 Å². The van der Waals surface area contributed by atoms with E-state index in [2.05, 4.69) is 0 Å². The monoisotopic (exact) mass is 368 g/mol. The summed E-state index contributed by atoms with van der Waals surface area (Å²) in [6.07, 6.45) is 2.56. The Morgan fingerprint density at radius 2 is 1.96 bits per heavy atom. The van der Waals surface area contributed by atoms with Crippen LogP contribution in [0.5, 0.6) is 11.5 Å². The molecule has 0 radical (unpaired) electrons. The van der Waals surface area contributed by atoms with Gasteiger partial charge in [-0.3, -0.25) is 4.79 Å². The summed E-state index contributed by atoms with van der Waals surface area (Å²) < 4.78 is 29.5. The summed E-state index contributed by atoms with van der Waals surface area (Å²) in [7, 11) is 1.36. The Hall–Kier alpha value is -3.15. The predicted octanol–water partition coefficient (Wildman–Crippen LogP) is 3.69. The summed E-state index contributed by atoms with van der Waals surface area (Å²) >= 11 is 0. The molecule has 6 heteroatoms. The van der Waals surface area contributed by atoms with Gasteiger partial charge < -0.3 is 13.9 Å². The molecule has 0 bridgehead atoms. The lowest BCUT2D eigenvalue weighted by atomic mass is 10.1. The number of carbonyl (C=O) groups excluding carboxylic acids is 1. The molecule has 27 heavy (non-hydrogen) atoms. The van der Waals surface area contributed by atoms with Crippen LogP contribution in [0.15, 0.2) is 45.6 Å². The van der Waals surface area contributed by atoms with Crippen LogP contribution in [0.25, 0.3) is 11.0 Å². The number of aryl methyl sites for hydroxylation is 1. The molecular formula is C21H17FO5. The Labute approximate surface area is 154 Å². The van der Waals surface area contributed by atoms with Crippen molar-refractivity contribution in [3.05, 3.63) is 69.3 Å². The van der Waals surface area contributed by atoms with Crippen LogP contribution in [0.4, 0.5) is 4.39 Å². The molecule has 3 aromatic rings. The van der Waals surface area contributed by atoms with Gasteiger partial charge in [0.15, 0.2) is 24.0 Å². The first-order chi connectivity index (χ1) is 13.1. The zero-order valence-electron chi connectivity index (χ0n) is 14.7. The van der Waals surface area contributed by atoms with E-state index in [1.807, 2.05) is 6.07 Å². The number of ketones is 1. The quantitative estimate of drug-likeness (QED) is 0.508. The molecule has 0 saturated heterocycles. The van der Waals surface area contributed by atoms with Gasteiger partial charge in [0.1, 0.15) is 11.3 Å². The van der Waals surface area contributed by atoms with E-state index in [0.29, 0.717) is 11.3 Å². The standard InChI is InChI=1S/C21H17FO5/c1-25-19-8-5-12(9-17(19)22)18(23)11-26-13-6-7-15-14-3-2-4-16(14)21(24)27-20(15)10-13/h5-10H,2-4,11H2,1H3. The molecule has 1 aliphatic carbocycles. The molecule has 0 aliphatic heterocycles. The fourth-order valence-corrected chi connectivity index (χ4v) is 3.43. The van der Waals surface area contributed by atoms with Gasteiger partial charge in [-0.05, 0) is 55.2 Å². The maximum atomic E-state index is 13.7. The normalized spacial score (nSPS) is 12.8. The number of ether oxygens (including phenoxy) is 2. The third-order valence-corrected chi connectivity index (χ3v) is 4.79. The zero-order chi connectivity index (χ0) is 19.0. The highest BCUT2D eigenvalue weighted by atomic mass is 19.1. The molecule has 1 aromatic heterocycles. The highest BCUT2D eigenvalue weighted by Gasteiger charge is 2.20. The second-order valence-corrected chi connectivity index (χ2v) is 6.42. The summed E-state index contributed by atoms with van der Waals surface area (Å²) in [6.45, 7) is -0.257. The minimum atomic E-state index is -0.607. The van der Waals surface area contributed by atoms with Crippen LogP contribution in [0.3, 0.4) is 0 Å².